The first-order valence-electron chi connectivity index (χ1n) is 21.6. The van der Waals surface area contributed by atoms with Crippen LogP contribution in [-0.2, 0) is 32.8 Å². The third-order valence-corrected chi connectivity index (χ3v) is 14.8. The second-order valence-corrected chi connectivity index (χ2v) is 19.0. The van der Waals surface area contributed by atoms with Gasteiger partial charge in [-0.3, -0.25) is 29.2 Å². The van der Waals surface area contributed by atoms with Crippen LogP contribution < -0.4 is 19.8 Å². The molecule has 18 heteroatoms. The molecule has 5 aromatic rings. The maximum atomic E-state index is 15.8. The van der Waals surface area contributed by atoms with Crippen LogP contribution >= 0.6 is 0 Å². The van der Waals surface area contributed by atoms with Gasteiger partial charge in [0.05, 0.1) is 11.3 Å². The van der Waals surface area contributed by atoms with Gasteiger partial charge in [-0.15, -0.1) is 0 Å². The van der Waals surface area contributed by atoms with Gasteiger partial charge in [-0.1, -0.05) is 6.07 Å². The topological polar surface area (TPSA) is 168 Å². The molecule has 0 bridgehead atoms. The molecular weight excluding hydrogens is 850 g/mol. The number of anilines is 3. The highest BCUT2D eigenvalue weighted by Gasteiger charge is 2.40. The van der Waals surface area contributed by atoms with Crippen molar-refractivity contribution in [1.82, 2.24) is 24.5 Å². The number of aromatic nitrogens is 2. The normalized spacial score (nSPS) is 20.8. The molecule has 1 unspecified atom stereocenters. The van der Waals surface area contributed by atoms with Crippen molar-refractivity contribution >= 4 is 61.8 Å². The molecule has 3 aromatic carbocycles. The average Bonchev–Trinajstić information content (AvgIpc) is 4.01. The number of ketones is 1. The van der Waals surface area contributed by atoms with Crippen molar-refractivity contribution in [3.05, 3.63) is 106 Å². The van der Waals surface area contributed by atoms with Crippen LogP contribution in [0.3, 0.4) is 0 Å². The number of amides is 3. The van der Waals surface area contributed by atoms with Gasteiger partial charge < -0.3 is 19.7 Å². The third-order valence-electron chi connectivity index (χ3n) is 13.4. The monoisotopic (exact) mass is 894 g/mol. The molecule has 2 aromatic heterocycles. The molecule has 64 heavy (non-hydrogen) atoms. The van der Waals surface area contributed by atoms with Crippen molar-refractivity contribution in [1.29, 1.82) is 0 Å². The van der Waals surface area contributed by atoms with E-state index < -0.39 is 57.0 Å². The number of alkyl halides is 1. The Labute approximate surface area is 367 Å². The molecule has 14 nitrogen and oxygen atoms in total. The Morgan fingerprint density at radius 1 is 0.891 bits per heavy atom. The number of hydrogen-bond acceptors (Lipinski definition) is 9. The molecule has 3 saturated heterocycles. The number of aromatic amines is 1. The number of hydrogen-bond donors (Lipinski definition) is 3. The lowest BCUT2D eigenvalue weighted by molar-refractivity contribution is -0.136. The summed E-state index contributed by atoms with van der Waals surface area (Å²) in [6.07, 6.45) is 6.06. The van der Waals surface area contributed by atoms with Gasteiger partial charge in [-0.25, -0.2) is 18.2 Å². The molecule has 7 heterocycles. The first-order valence-corrected chi connectivity index (χ1v) is 23.1. The highest BCUT2D eigenvalue weighted by molar-refractivity contribution is 7.90. The molecule has 0 radical (unpaired) electrons. The van der Waals surface area contributed by atoms with Crippen LogP contribution in [0.2, 0.25) is 0 Å². The zero-order valence-electron chi connectivity index (χ0n) is 34.7. The number of piperidine rings is 2. The van der Waals surface area contributed by atoms with Crippen molar-refractivity contribution in [2.24, 2.45) is 5.92 Å². The van der Waals surface area contributed by atoms with Gasteiger partial charge in [0.1, 0.15) is 23.7 Å². The number of nitrogens with one attached hydrogen (secondary N) is 3. The maximum Gasteiger partial charge on any atom is 0.301 e. The van der Waals surface area contributed by atoms with Crippen LogP contribution in [0.4, 0.5) is 30.2 Å². The van der Waals surface area contributed by atoms with E-state index in [1.165, 1.54) is 17.4 Å². The summed E-state index contributed by atoms with van der Waals surface area (Å²) < 4.78 is 73.3. The summed E-state index contributed by atoms with van der Waals surface area (Å²) in [4.78, 5) is 65.0. The largest absolute Gasteiger partial charge is 0.372 e. The number of rotatable bonds is 10. The standard InChI is InChI=1S/C46H45F3N8O6S/c47-31-13-17-56(25-31)64(62,63)53-37-7-6-36(48)41(42(37)49)43(59)35-22-51-44-34(35)20-29(21-50-44)27-3-8-38-28(18-27)2-1-14-55(38)23-26-11-15-54(16-12-26)32-4-5-33-30(19-32)24-57(46(33)61)39-9-10-40(58)52-45(39)60/h3-8,18-22,26,31,39,53H,1-2,9-17,23-25H2,(H,50,51)(H,52,58,60)/t31-,39?/m1/s1. The Kier molecular flexibility index (Phi) is 10.7. The minimum Gasteiger partial charge on any atom is -0.372 e. The van der Waals surface area contributed by atoms with Gasteiger partial charge in [0.25, 0.3) is 5.91 Å². The average molecular weight is 895 g/mol. The van der Waals surface area contributed by atoms with Crippen LogP contribution in [0, 0.1) is 17.6 Å². The van der Waals surface area contributed by atoms with Gasteiger partial charge in [-0.2, -0.15) is 12.7 Å². The number of H-pyrrole nitrogens is 1. The number of carbonyl (C=O) groups excluding carboxylic acids is 4. The van der Waals surface area contributed by atoms with Crippen molar-refractivity contribution in [2.75, 3.05) is 53.8 Å². The smallest absolute Gasteiger partial charge is 0.301 e. The summed E-state index contributed by atoms with van der Waals surface area (Å²) in [7, 11) is -4.36. The second kappa shape index (κ2) is 16.4. The van der Waals surface area contributed by atoms with Crippen LogP contribution in [-0.4, -0.2) is 103 Å². The van der Waals surface area contributed by atoms with E-state index in [-0.39, 0.29) is 43.3 Å². The fraction of sp³-hybridized carbons (Fsp3) is 0.370. The Bertz CT molecular complexity index is 2860. The first-order chi connectivity index (χ1) is 30.8. The molecule has 5 aliphatic rings. The summed E-state index contributed by atoms with van der Waals surface area (Å²) in [6.45, 7) is 3.45. The number of imide groups is 1. The fourth-order valence-electron chi connectivity index (χ4n) is 9.92. The zero-order chi connectivity index (χ0) is 44.4. The number of halogens is 3. The zero-order valence-corrected chi connectivity index (χ0v) is 35.5. The number of pyridine rings is 1. The Hall–Kier alpha value is -6.27. The van der Waals surface area contributed by atoms with Gasteiger partial charge >= 0.3 is 10.2 Å². The third kappa shape index (κ3) is 7.65. The van der Waals surface area contributed by atoms with Crippen LogP contribution in [0.1, 0.15) is 75.9 Å². The Balaban J connectivity index is 0.806. The van der Waals surface area contributed by atoms with Crippen LogP contribution in [0.5, 0.6) is 0 Å². The lowest BCUT2D eigenvalue weighted by Gasteiger charge is -2.39. The van der Waals surface area contributed by atoms with Gasteiger partial charge in [-0.05, 0) is 110 Å². The molecule has 10 rings (SSSR count). The van der Waals surface area contributed by atoms with Crippen molar-refractivity contribution < 1.29 is 40.8 Å². The van der Waals surface area contributed by atoms with Gasteiger partial charge in [0.2, 0.25) is 17.6 Å². The molecule has 0 spiro atoms. The molecule has 0 aliphatic carbocycles. The van der Waals surface area contributed by atoms with Gasteiger partial charge in [0, 0.05) is 98.1 Å². The molecule has 3 N–H and O–H groups in total. The fourth-order valence-corrected chi connectivity index (χ4v) is 11.2. The molecule has 3 amide bonds. The summed E-state index contributed by atoms with van der Waals surface area (Å²) in [5, 5.41) is 2.70. The van der Waals surface area contributed by atoms with E-state index in [1.54, 1.807) is 17.2 Å². The number of aryl methyl sites for hydroxylation is 1. The van der Waals surface area contributed by atoms with Crippen molar-refractivity contribution in [2.45, 2.75) is 63.7 Å². The Morgan fingerprint density at radius 3 is 2.50 bits per heavy atom. The van der Waals surface area contributed by atoms with Gasteiger partial charge in [0.15, 0.2) is 5.82 Å². The van der Waals surface area contributed by atoms with Crippen LogP contribution in [0.25, 0.3) is 22.2 Å². The quantitative estimate of drug-likeness (QED) is 0.115. The van der Waals surface area contributed by atoms with E-state index in [0.717, 1.165) is 85.1 Å². The Morgan fingerprint density at radius 2 is 1.72 bits per heavy atom. The molecule has 5 aliphatic heterocycles. The lowest BCUT2D eigenvalue weighted by Crippen LogP contribution is -2.52. The van der Waals surface area contributed by atoms with E-state index >= 15 is 8.78 Å². The number of nitrogens with zero attached hydrogens (tertiary/aromatic N) is 5. The molecular formula is C46H45F3N8O6S. The maximum absolute atomic E-state index is 15.8. The van der Waals surface area contributed by atoms with Crippen molar-refractivity contribution in [3.8, 4) is 11.1 Å². The summed E-state index contributed by atoms with van der Waals surface area (Å²) in [5.41, 5.74) is 5.20. The molecule has 2 atom stereocenters. The molecule has 0 saturated carbocycles. The highest BCUT2D eigenvalue weighted by Crippen LogP contribution is 2.37. The number of benzene rings is 3. The SMILES string of the molecule is O=C1CCC(N2Cc3cc(N4CCC(CN5CCCc6cc(-c7cnc8[nH]cc(C(=O)c9c(F)ccc(NS(=O)(=O)N%10CC[C@@H](F)C%10)c9F)c8c7)ccc65)CC4)ccc3C2=O)C(=O)N1. The minimum absolute atomic E-state index is 0.00185. The van der Waals surface area contributed by atoms with E-state index in [0.29, 0.717) is 41.0 Å². The predicted molar refractivity (Wildman–Crippen MR) is 233 cm³/mol. The van der Waals surface area contributed by atoms with E-state index in [1.807, 2.05) is 22.9 Å². The number of carbonyl (C=O) groups is 4. The number of fused-ring (bicyclic) bond motifs is 3. The summed E-state index contributed by atoms with van der Waals surface area (Å²) in [6, 6.07) is 15.0. The summed E-state index contributed by atoms with van der Waals surface area (Å²) in [5.74, 6) is -3.98. The predicted octanol–water partition coefficient (Wildman–Crippen LogP) is 5.87. The van der Waals surface area contributed by atoms with Crippen molar-refractivity contribution in [3.63, 3.8) is 0 Å². The van der Waals surface area contributed by atoms with E-state index in [4.69, 9.17) is 0 Å². The summed E-state index contributed by atoms with van der Waals surface area (Å²) >= 11 is 0. The van der Waals surface area contributed by atoms with E-state index in [9.17, 15) is 32.0 Å². The molecule has 3 fully saturated rings. The lowest BCUT2D eigenvalue weighted by atomic mass is 9.92. The van der Waals surface area contributed by atoms with E-state index in [2.05, 4.69) is 43.3 Å². The highest BCUT2D eigenvalue weighted by atomic mass is 32.2. The second-order valence-electron chi connectivity index (χ2n) is 17.4. The van der Waals surface area contributed by atoms with Crippen LogP contribution in [0.15, 0.2) is 67.0 Å². The first kappa shape index (κ1) is 41.7. The minimum atomic E-state index is -4.36. The molecule has 332 valence electrons.